The zero-order valence-electron chi connectivity index (χ0n) is 21.1. The van der Waals surface area contributed by atoms with Gasteiger partial charge in [-0.2, -0.15) is 13.2 Å². The van der Waals surface area contributed by atoms with E-state index >= 15 is 0 Å². The van der Waals surface area contributed by atoms with Gasteiger partial charge in [0.05, 0.1) is 11.3 Å². The number of aliphatic carboxylic acids is 1. The predicted octanol–water partition coefficient (Wildman–Crippen LogP) is 6.99. The summed E-state index contributed by atoms with van der Waals surface area (Å²) >= 11 is 0. The number of carbonyl (C=O) groups is 1. The van der Waals surface area contributed by atoms with E-state index in [-0.39, 0.29) is 41.9 Å². The van der Waals surface area contributed by atoms with Crippen LogP contribution in [0.4, 0.5) is 27.6 Å². The minimum absolute atomic E-state index is 0.0127. The summed E-state index contributed by atoms with van der Waals surface area (Å²) in [5.41, 5.74) is -1.09. The maximum atomic E-state index is 14.6. The largest absolute Gasteiger partial charge is 0.483 e. The van der Waals surface area contributed by atoms with Crippen LogP contribution in [0.3, 0.4) is 0 Å². The summed E-state index contributed by atoms with van der Waals surface area (Å²) in [6, 6.07) is 12.2. The Hall–Kier alpha value is -4.41. The second kappa shape index (κ2) is 10.6. The lowest BCUT2D eigenvalue weighted by Crippen LogP contribution is -2.37. The first-order chi connectivity index (χ1) is 19.1. The van der Waals surface area contributed by atoms with Crippen LogP contribution in [0.25, 0.3) is 22.0 Å². The first-order valence-corrected chi connectivity index (χ1v) is 12.4. The number of aryl methyl sites for hydroxylation is 2. The third-order valence-electron chi connectivity index (χ3n) is 6.57. The molecule has 1 aliphatic rings. The van der Waals surface area contributed by atoms with Gasteiger partial charge in [0.2, 0.25) is 6.23 Å². The molecule has 11 heteroatoms. The predicted molar refractivity (Wildman–Crippen MR) is 137 cm³/mol. The molecule has 2 N–H and O–H groups in total. The first kappa shape index (κ1) is 27.2. The number of aromatic nitrogens is 1. The van der Waals surface area contributed by atoms with Gasteiger partial charge in [-0.3, -0.25) is 9.78 Å². The average molecular weight is 559 g/mol. The molecule has 208 valence electrons. The molecular weight excluding hydrogens is 535 g/mol. The van der Waals surface area contributed by atoms with Crippen molar-refractivity contribution in [3.05, 3.63) is 83.1 Å². The molecule has 40 heavy (non-hydrogen) atoms. The van der Waals surface area contributed by atoms with Gasteiger partial charge in [-0.05, 0) is 42.0 Å². The van der Waals surface area contributed by atoms with Crippen molar-refractivity contribution in [2.45, 2.75) is 38.6 Å². The van der Waals surface area contributed by atoms with E-state index in [1.807, 2.05) is 0 Å². The maximum Gasteiger partial charge on any atom is 0.419 e. The van der Waals surface area contributed by atoms with Crippen LogP contribution in [0.2, 0.25) is 0 Å². The molecule has 0 saturated carbocycles. The Bertz CT molecular complexity index is 1590. The number of pyridine rings is 1. The number of carboxylic acid groups (broad SMARTS) is 1. The monoisotopic (exact) mass is 558 g/mol. The van der Waals surface area contributed by atoms with E-state index in [0.717, 1.165) is 12.1 Å². The van der Waals surface area contributed by atoms with E-state index in [1.54, 1.807) is 19.1 Å². The molecule has 0 spiro atoms. The van der Waals surface area contributed by atoms with Crippen molar-refractivity contribution in [3.8, 4) is 22.8 Å². The van der Waals surface area contributed by atoms with Crippen LogP contribution in [0, 0.1) is 11.6 Å². The van der Waals surface area contributed by atoms with Crippen LogP contribution in [0.1, 0.15) is 30.2 Å². The highest BCUT2D eigenvalue weighted by Gasteiger charge is 2.39. The average Bonchev–Trinajstić information content (AvgIpc) is 2.92. The van der Waals surface area contributed by atoms with E-state index in [4.69, 9.17) is 14.6 Å². The number of halogens is 5. The molecule has 1 aliphatic heterocycles. The van der Waals surface area contributed by atoms with Gasteiger partial charge in [-0.1, -0.05) is 43.3 Å². The molecule has 0 saturated heterocycles. The van der Waals surface area contributed by atoms with Crippen molar-refractivity contribution in [2.24, 2.45) is 0 Å². The van der Waals surface area contributed by atoms with E-state index in [1.165, 1.54) is 30.3 Å². The molecule has 0 unspecified atom stereocenters. The number of rotatable bonds is 7. The molecule has 2 heterocycles. The summed E-state index contributed by atoms with van der Waals surface area (Å²) in [4.78, 5) is 15.6. The number of alkyl halides is 3. The number of anilines is 1. The number of fused-ring (bicyclic) bond motifs is 2. The Balaban J connectivity index is 1.70. The number of carboxylic acids is 1. The maximum absolute atomic E-state index is 14.6. The molecule has 6 nitrogen and oxygen atoms in total. The summed E-state index contributed by atoms with van der Waals surface area (Å²) in [6.07, 6.45) is -5.89. The topological polar surface area (TPSA) is 80.7 Å². The van der Waals surface area contributed by atoms with Crippen LogP contribution < -0.4 is 14.8 Å². The third kappa shape index (κ3) is 5.11. The Morgan fingerprint density at radius 1 is 1.02 bits per heavy atom. The minimum atomic E-state index is -4.80. The zero-order valence-corrected chi connectivity index (χ0v) is 21.1. The molecule has 0 fully saturated rings. The third-order valence-corrected chi connectivity index (χ3v) is 6.57. The first-order valence-electron chi connectivity index (χ1n) is 12.4. The molecule has 5 rings (SSSR count). The van der Waals surface area contributed by atoms with Gasteiger partial charge in [0.1, 0.15) is 23.9 Å². The minimum Gasteiger partial charge on any atom is -0.483 e. The van der Waals surface area contributed by atoms with Crippen molar-refractivity contribution >= 4 is 22.4 Å². The lowest BCUT2D eigenvalue weighted by molar-refractivity contribution is -0.137. The number of hydrogen-bond acceptors (Lipinski definition) is 5. The second-order valence-electron chi connectivity index (χ2n) is 9.16. The van der Waals surface area contributed by atoms with Crippen molar-refractivity contribution < 1.29 is 41.3 Å². The fraction of sp³-hybridized carbons (Fsp3) is 0.241. The molecule has 1 atom stereocenters. The SMILES string of the molecule is CCc1nc(-c2ccc(CCC(=O)O)c3c2O[C@H](Nc2c(F)cccc2F)CO3)c(C(F)(F)F)c2ccccc12. The fourth-order valence-corrected chi connectivity index (χ4v) is 4.79. The van der Waals surface area contributed by atoms with Gasteiger partial charge in [0.25, 0.3) is 0 Å². The molecule has 0 amide bonds. The molecule has 0 radical (unpaired) electrons. The summed E-state index contributed by atoms with van der Waals surface area (Å²) in [5, 5.41) is 12.1. The Morgan fingerprint density at radius 3 is 2.38 bits per heavy atom. The molecule has 3 aromatic carbocycles. The molecule has 1 aromatic heterocycles. The van der Waals surface area contributed by atoms with Crippen LogP contribution in [0.15, 0.2) is 54.6 Å². The number of benzene rings is 3. The van der Waals surface area contributed by atoms with E-state index in [0.29, 0.717) is 23.1 Å². The van der Waals surface area contributed by atoms with E-state index < -0.39 is 47.0 Å². The molecular formula is C29H23F5N2O4. The molecule has 0 aliphatic carbocycles. The van der Waals surface area contributed by atoms with E-state index in [9.17, 15) is 26.7 Å². The van der Waals surface area contributed by atoms with Crippen molar-refractivity contribution in [2.75, 3.05) is 11.9 Å². The number of para-hydroxylation sites is 1. The van der Waals surface area contributed by atoms with Crippen LogP contribution in [-0.4, -0.2) is 28.9 Å². The van der Waals surface area contributed by atoms with Gasteiger partial charge in [-0.25, -0.2) is 8.78 Å². The number of nitrogens with one attached hydrogen (secondary N) is 1. The highest BCUT2D eigenvalue weighted by atomic mass is 19.4. The Morgan fingerprint density at radius 2 is 1.73 bits per heavy atom. The van der Waals surface area contributed by atoms with Gasteiger partial charge in [0.15, 0.2) is 11.5 Å². The van der Waals surface area contributed by atoms with Crippen molar-refractivity contribution in [1.29, 1.82) is 0 Å². The molecule has 0 bridgehead atoms. The fourth-order valence-electron chi connectivity index (χ4n) is 4.79. The lowest BCUT2D eigenvalue weighted by Gasteiger charge is -2.31. The van der Waals surface area contributed by atoms with Crippen molar-refractivity contribution in [1.82, 2.24) is 4.98 Å². The summed E-state index contributed by atoms with van der Waals surface area (Å²) in [5.74, 6) is -2.96. The lowest BCUT2D eigenvalue weighted by atomic mass is 9.94. The normalized spacial score (nSPS) is 14.8. The summed E-state index contributed by atoms with van der Waals surface area (Å²) < 4.78 is 84.3. The number of hydrogen-bond donors (Lipinski definition) is 2. The van der Waals surface area contributed by atoms with Crippen LogP contribution in [-0.2, 0) is 23.8 Å². The van der Waals surface area contributed by atoms with Gasteiger partial charge in [-0.15, -0.1) is 0 Å². The highest BCUT2D eigenvalue weighted by molar-refractivity contribution is 5.94. The Kier molecular flexibility index (Phi) is 7.22. The second-order valence-corrected chi connectivity index (χ2v) is 9.16. The Labute approximate surface area is 225 Å². The number of nitrogens with zero attached hydrogens (tertiary/aromatic N) is 1. The van der Waals surface area contributed by atoms with Gasteiger partial charge < -0.3 is 19.9 Å². The van der Waals surface area contributed by atoms with E-state index in [2.05, 4.69) is 10.3 Å². The van der Waals surface area contributed by atoms with Crippen LogP contribution >= 0.6 is 0 Å². The van der Waals surface area contributed by atoms with Gasteiger partial charge in [0, 0.05) is 23.1 Å². The van der Waals surface area contributed by atoms with Gasteiger partial charge >= 0.3 is 12.1 Å². The standard InChI is InChI=1S/C29H23F5N2O4/c1-2-21-16-6-3-4-7-17(16)24(29(32,33)34)25(35-21)18-12-10-15(11-13-23(37)38)27-28(18)40-22(14-39-27)36-26-19(30)8-5-9-20(26)31/h3-10,12,22,36H,2,11,13-14H2,1H3,(H,37,38)/t22-/m0/s1. The smallest absolute Gasteiger partial charge is 0.419 e. The molecule has 4 aromatic rings. The quantitative estimate of drug-likeness (QED) is 0.238. The van der Waals surface area contributed by atoms with Crippen molar-refractivity contribution in [3.63, 3.8) is 0 Å². The summed E-state index contributed by atoms with van der Waals surface area (Å²) in [6.45, 7) is 1.51. The zero-order chi connectivity index (χ0) is 28.6. The highest BCUT2D eigenvalue weighted by Crippen LogP contribution is 2.48. The van der Waals surface area contributed by atoms with Crippen LogP contribution in [0.5, 0.6) is 11.5 Å². The summed E-state index contributed by atoms with van der Waals surface area (Å²) in [7, 11) is 0. The number of ether oxygens (including phenoxy) is 2.